The molecule has 2 rings (SSSR count). The molecule has 0 aliphatic carbocycles. The topological polar surface area (TPSA) is 0 Å². The van der Waals surface area contributed by atoms with Gasteiger partial charge in [0.05, 0.1) is 10.4 Å². The quantitative estimate of drug-likeness (QED) is 0.515. The number of rotatable bonds is 2. The predicted octanol–water partition coefficient (Wildman–Crippen LogP) is 5.33. The minimum atomic E-state index is -4.34. The van der Waals surface area contributed by atoms with Crippen molar-refractivity contribution < 1.29 is 17.6 Å². The first-order valence-corrected chi connectivity index (χ1v) is 6.36. The fourth-order valence-corrected chi connectivity index (χ4v) is 2.28. The molecule has 0 spiro atoms. The summed E-state index contributed by atoms with van der Waals surface area (Å²) in [6.07, 6.45) is -4.34. The molecule has 5 heteroatoms. The summed E-state index contributed by atoms with van der Waals surface area (Å²) in [7, 11) is 0. The van der Waals surface area contributed by atoms with Crippen molar-refractivity contribution in [3.8, 4) is 0 Å². The Morgan fingerprint density at radius 3 is 1.63 bits per heavy atom. The van der Waals surface area contributed by atoms with E-state index < -0.39 is 11.7 Å². The van der Waals surface area contributed by atoms with Gasteiger partial charge in [0.2, 0.25) is 0 Å². The zero-order valence-corrected chi connectivity index (χ0v) is 11.2. The van der Waals surface area contributed by atoms with Crippen LogP contribution < -0.4 is 0 Å². The number of hydrogen-bond donors (Lipinski definition) is 0. The minimum absolute atomic E-state index is 0.268. The Kier molecular flexibility index (Phi) is 3.94. The van der Waals surface area contributed by atoms with Gasteiger partial charge in [-0.25, -0.2) is 4.39 Å². The lowest BCUT2D eigenvalue weighted by molar-refractivity contribution is -0.137. The molecule has 0 aliphatic heterocycles. The summed E-state index contributed by atoms with van der Waals surface area (Å²) in [5.74, 6) is -0.351. The molecule has 0 aliphatic rings. The van der Waals surface area contributed by atoms with Gasteiger partial charge in [0.15, 0.2) is 0 Å². The van der Waals surface area contributed by atoms with Crippen molar-refractivity contribution in [3.63, 3.8) is 0 Å². The second kappa shape index (κ2) is 5.33. The van der Waals surface area contributed by atoms with Gasteiger partial charge in [0.1, 0.15) is 5.82 Å². The van der Waals surface area contributed by atoms with E-state index in [4.69, 9.17) is 0 Å². The number of hydrogen-bond acceptors (Lipinski definition) is 0. The number of benzene rings is 2. The third-order valence-corrected chi connectivity index (χ3v) is 3.75. The van der Waals surface area contributed by atoms with Crippen LogP contribution in [0.2, 0.25) is 0 Å². The van der Waals surface area contributed by atoms with Crippen LogP contribution in [0.5, 0.6) is 0 Å². The van der Waals surface area contributed by atoms with Crippen LogP contribution in [0.4, 0.5) is 17.6 Å². The zero-order chi connectivity index (χ0) is 14.0. The Balaban J connectivity index is 2.25. The normalized spacial score (nSPS) is 13.3. The van der Waals surface area contributed by atoms with Crippen molar-refractivity contribution in [2.45, 2.75) is 11.0 Å². The summed E-state index contributed by atoms with van der Waals surface area (Å²) in [5, 5.41) is 0. The molecule has 0 N–H and O–H groups in total. The van der Waals surface area contributed by atoms with E-state index in [2.05, 4.69) is 15.9 Å². The average molecular weight is 333 g/mol. The molecule has 0 amide bonds. The second-order valence-electron chi connectivity index (χ2n) is 4.03. The van der Waals surface area contributed by atoms with E-state index in [1.807, 2.05) is 0 Å². The number of halogens is 5. The Morgan fingerprint density at radius 1 is 0.789 bits per heavy atom. The van der Waals surface area contributed by atoms with Crippen LogP contribution in [0, 0.1) is 5.82 Å². The van der Waals surface area contributed by atoms with Crippen LogP contribution in [-0.4, -0.2) is 0 Å². The summed E-state index contributed by atoms with van der Waals surface area (Å²) in [6, 6.07) is 10.7. The molecule has 2 aromatic carbocycles. The molecular formula is C14H9BrF4. The van der Waals surface area contributed by atoms with E-state index >= 15 is 0 Å². The monoisotopic (exact) mass is 332 g/mol. The number of alkyl halides is 4. The maximum Gasteiger partial charge on any atom is 0.416 e. The maximum atomic E-state index is 12.8. The van der Waals surface area contributed by atoms with Gasteiger partial charge < -0.3 is 0 Å². The highest BCUT2D eigenvalue weighted by Crippen LogP contribution is 2.34. The molecule has 1 atom stereocenters. The van der Waals surface area contributed by atoms with E-state index in [0.29, 0.717) is 5.56 Å². The fraction of sp³-hybridized carbons (Fsp3) is 0.143. The lowest BCUT2D eigenvalue weighted by atomic mass is 10.0. The first kappa shape index (κ1) is 14.1. The molecule has 2 aromatic rings. The lowest BCUT2D eigenvalue weighted by Gasteiger charge is -2.12. The summed E-state index contributed by atoms with van der Waals surface area (Å²) in [5.41, 5.74) is 0.774. The third kappa shape index (κ3) is 3.35. The predicted molar refractivity (Wildman–Crippen MR) is 68.6 cm³/mol. The van der Waals surface area contributed by atoms with Crippen LogP contribution in [-0.2, 0) is 6.18 Å². The molecule has 0 heterocycles. The fourth-order valence-electron chi connectivity index (χ4n) is 1.67. The highest BCUT2D eigenvalue weighted by atomic mass is 79.9. The lowest BCUT2D eigenvalue weighted by Crippen LogP contribution is -2.04. The molecule has 0 nitrogen and oxygen atoms in total. The van der Waals surface area contributed by atoms with Crippen molar-refractivity contribution in [2.75, 3.05) is 0 Å². The van der Waals surface area contributed by atoms with Crippen molar-refractivity contribution >= 4 is 15.9 Å². The Morgan fingerprint density at radius 2 is 1.21 bits per heavy atom. The highest BCUT2D eigenvalue weighted by molar-refractivity contribution is 9.09. The van der Waals surface area contributed by atoms with Gasteiger partial charge in [-0.05, 0) is 35.4 Å². The molecule has 0 saturated heterocycles. The molecule has 100 valence electrons. The van der Waals surface area contributed by atoms with E-state index in [-0.39, 0.29) is 10.6 Å². The van der Waals surface area contributed by atoms with Crippen molar-refractivity contribution in [3.05, 3.63) is 71.0 Å². The van der Waals surface area contributed by atoms with Crippen LogP contribution in [0.1, 0.15) is 21.5 Å². The van der Waals surface area contributed by atoms with Gasteiger partial charge in [-0.1, -0.05) is 40.2 Å². The zero-order valence-electron chi connectivity index (χ0n) is 9.59. The first-order chi connectivity index (χ1) is 8.88. The Bertz CT molecular complexity index is 543. The van der Waals surface area contributed by atoms with Gasteiger partial charge in [0, 0.05) is 0 Å². The molecular weight excluding hydrogens is 324 g/mol. The van der Waals surface area contributed by atoms with E-state index in [0.717, 1.165) is 17.7 Å². The van der Waals surface area contributed by atoms with E-state index in [1.54, 1.807) is 12.1 Å². The van der Waals surface area contributed by atoms with Crippen LogP contribution in [0.3, 0.4) is 0 Å². The second-order valence-corrected chi connectivity index (χ2v) is 4.95. The van der Waals surface area contributed by atoms with Crippen molar-refractivity contribution in [2.24, 2.45) is 0 Å². The van der Waals surface area contributed by atoms with Crippen LogP contribution in [0.15, 0.2) is 48.5 Å². The molecule has 1 unspecified atom stereocenters. The van der Waals surface area contributed by atoms with Crippen molar-refractivity contribution in [1.82, 2.24) is 0 Å². The molecule has 0 radical (unpaired) electrons. The average Bonchev–Trinajstić information content (AvgIpc) is 2.38. The van der Waals surface area contributed by atoms with Gasteiger partial charge in [-0.2, -0.15) is 13.2 Å². The van der Waals surface area contributed by atoms with Gasteiger partial charge in [0.25, 0.3) is 0 Å². The van der Waals surface area contributed by atoms with Crippen molar-refractivity contribution in [1.29, 1.82) is 0 Å². The van der Waals surface area contributed by atoms with Gasteiger partial charge >= 0.3 is 6.18 Å². The van der Waals surface area contributed by atoms with Gasteiger partial charge in [-0.3, -0.25) is 0 Å². The smallest absolute Gasteiger partial charge is 0.207 e. The van der Waals surface area contributed by atoms with Crippen LogP contribution in [0.25, 0.3) is 0 Å². The minimum Gasteiger partial charge on any atom is -0.207 e. The summed E-state index contributed by atoms with van der Waals surface area (Å²) in [6.45, 7) is 0. The standard InChI is InChI=1S/C14H9BrF4/c15-13(10-3-7-12(16)8-4-10)9-1-5-11(6-2-9)14(17,18)19/h1-8,13H. The molecule has 0 saturated carbocycles. The highest BCUT2D eigenvalue weighted by Gasteiger charge is 2.30. The summed E-state index contributed by atoms with van der Waals surface area (Å²) < 4.78 is 50.1. The van der Waals surface area contributed by atoms with Crippen LogP contribution >= 0.6 is 15.9 Å². The Hall–Kier alpha value is -1.36. The molecule has 0 bridgehead atoms. The van der Waals surface area contributed by atoms with E-state index in [1.165, 1.54) is 24.3 Å². The largest absolute Gasteiger partial charge is 0.416 e. The third-order valence-electron chi connectivity index (χ3n) is 2.69. The molecule has 0 aromatic heterocycles. The van der Waals surface area contributed by atoms with Gasteiger partial charge in [-0.15, -0.1) is 0 Å². The maximum absolute atomic E-state index is 12.8. The summed E-state index contributed by atoms with van der Waals surface area (Å²) in [4.78, 5) is -0.268. The SMILES string of the molecule is Fc1ccc(C(Br)c2ccc(C(F)(F)F)cc2)cc1. The first-order valence-electron chi connectivity index (χ1n) is 5.44. The molecule has 19 heavy (non-hydrogen) atoms. The Labute approximate surface area is 116 Å². The van der Waals surface area contributed by atoms with E-state index in [9.17, 15) is 17.6 Å². The summed E-state index contributed by atoms with van der Waals surface area (Å²) >= 11 is 3.39. The molecule has 0 fully saturated rings.